The SMILES string of the molecule is OC[C@H]1CCCN(Cc2ccc(Br)s2)C1. The Labute approximate surface area is 103 Å². The number of thiophene rings is 1. The maximum absolute atomic E-state index is 9.15. The van der Waals surface area contributed by atoms with Gasteiger partial charge in [-0.3, -0.25) is 4.90 Å². The Balaban J connectivity index is 1.88. The van der Waals surface area contributed by atoms with Crippen LogP contribution in [0, 0.1) is 5.92 Å². The number of aliphatic hydroxyl groups is 1. The van der Waals surface area contributed by atoms with Gasteiger partial charge in [-0.15, -0.1) is 11.3 Å². The van der Waals surface area contributed by atoms with Gasteiger partial charge in [0.15, 0.2) is 0 Å². The Hall–Kier alpha value is 0.1000. The van der Waals surface area contributed by atoms with Crippen molar-refractivity contribution in [2.24, 2.45) is 5.92 Å². The van der Waals surface area contributed by atoms with E-state index in [9.17, 15) is 0 Å². The molecule has 0 aromatic carbocycles. The molecule has 0 unspecified atom stereocenters. The normalized spacial score (nSPS) is 23.2. The van der Waals surface area contributed by atoms with Gasteiger partial charge in [0.2, 0.25) is 0 Å². The lowest BCUT2D eigenvalue weighted by Crippen LogP contribution is -2.36. The van der Waals surface area contributed by atoms with Crippen LogP contribution in [0.5, 0.6) is 0 Å². The first-order chi connectivity index (χ1) is 7.28. The summed E-state index contributed by atoms with van der Waals surface area (Å²) in [4.78, 5) is 3.85. The lowest BCUT2D eigenvalue weighted by Gasteiger charge is -2.31. The topological polar surface area (TPSA) is 23.5 Å². The number of nitrogens with zero attached hydrogens (tertiary/aromatic N) is 1. The highest BCUT2D eigenvalue weighted by atomic mass is 79.9. The molecule has 0 aliphatic carbocycles. The molecule has 0 bridgehead atoms. The quantitative estimate of drug-likeness (QED) is 0.925. The molecule has 1 atom stereocenters. The second-order valence-corrected chi connectivity index (χ2v) is 6.68. The van der Waals surface area contributed by atoms with E-state index in [1.807, 2.05) is 0 Å². The van der Waals surface area contributed by atoms with Gasteiger partial charge in [0.05, 0.1) is 3.79 Å². The van der Waals surface area contributed by atoms with Crippen molar-refractivity contribution in [3.8, 4) is 0 Å². The molecule has 84 valence electrons. The summed E-state index contributed by atoms with van der Waals surface area (Å²) in [5.74, 6) is 0.488. The van der Waals surface area contributed by atoms with Gasteiger partial charge < -0.3 is 5.11 Å². The highest BCUT2D eigenvalue weighted by molar-refractivity contribution is 9.11. The average molecular weight is 290 g/mol. The Morgan fingerprint density at radius 1 is 1.53 bits per heavy atom. The van der Waals surface area contributed by atoms with Gasteiger partial charge in [0.25, 0.3) is 0 Å². The second-order valence-electron chi connectivity index (χ2n) is 4.13. The van der Waals surface area contributed by atoms with Gasteiger partial charge in [-0.1, -0.05) is 0 Å². The maximum atomic E-state index is 9.15. The lowest BCUT2D eigenvalue weighted by molar-refractivity contribution is 0.116. The van der Waals surface area contributed by atoms with Crippen molar-refractivity contribution >= 4 is 27.3 Å². The largest absolute Gasteiger partial charge is 0.396 e. The number of piperidine rings is 1. The fraction of sp³-hybridized carbons (Fsp3) is 0.636. The van der Waals surface area contributed by atoms with E-state index in [-0.39, 0.29) is 0 Å². The van der Waals surface area contributed by atoms with Gasteiger partial charge in [-0.25, -0.2) is 0 Å². The minimum atomic E-state index is 0.338. The van der Waals surface area contributed by atoms with E-state index < -0.39 is 0 Å². The minimum Gasteiger partial charge on any atom is -0.396 e. The fourth-order valence-corrected chi connectivity index (χ4v) is 3.63. The monoisotopic (exact) mass is 289 g/mol. The number of halogens is 1. The first-order valence-electron chi connectivity index (χ1n) is 5.35. The standard InChI is InChI=1S/C11H16BrNOS/c12-11-4-3-10(15-11)7-13-5-1-2-9(6-13)8-14/h3-4,9,14H,1-2,5-8H2/t9-/m0/s1. The number of aliphatic hydroxyl groups excluding tert-OH is 1. The van der Waals surface area contributed by atoms with E-state index in [1.54, 1.807) is 11.3 Å². The van der Waals surface area contributed by atoms with E-state index in [2.05, 4.69) is 33.0 Å². The van der Waals surface area contributed by atoms with Crippen LogP contribution in [0.25, 0.3) is 0 Å². The molecular formula is C11H16BrNOS. The first-order valence-corrected chi connectivity index (χ1v) is 6.96. The minimum absolute atomic E-state index is 0.338. The van der Waals surface area contributed by atoms with Gasteiger partial charge >= 0.3 is 0 Å². The fourth-order valence-electron chi connectivity index (χ4n) is 2.10. The van der Waals surface area contributed by atoms with E-state index >= 15 is 0 Å². The summed E-state index contributed by atoms with van der Waals surface area (Å²) < 4.78 is 1.20. The van der Waals surface area contributed by atoms with Crippen LogP contribution >= 0.6 is 27.3 Å². The first kappa shape index (κ1) is 11.6. The third kappa shape index (κ3) is 3.28. The van der Waals surface area contributed by atoms with Crippen LogP contribution < -0.4 is 0 Å². The molecule has 15 heavy (non-hydrogen) atoms. The molecule has 1 aromatic heterocycles. The summed E-state index contributed by atoms with van der Waals surface area (Å²) in [6.45, 7) is 3.59. The Kier molecular flexibility index (Phi) is 4.20. The van der Waals surface area contributed by atoms with E-state index in [4.69, 9.17) is 5.11 Å². The van der Waals surface area contributed by atoms with Crippen molar-refractivity contribution in [3.05, 3.63) is 20.8 Å². The molecule has 2 rings (SSSR count). The van der Waals surface area contributed by atoms with E-state index in [0.717, 1.165) is 13.1 Å². The number of hydrogen-bond acceptors (Lipinski definition) is 3. The van der Waals surface area contributed by atoms with Crippen LogP contribution in [0.15, 0.2) is 15.9 Å². The molecule has 1 aliphatic rings. The molecule has 2 nitrogen and oxygen atoms in total. The third-order valence-corrected chi connectivity index (χ3v) is 4.48. The zero-order valence-corrected chi connectivity index (χ0v) is 11.1. The van der Waals surface area contributed by atoms with Gasteiger partial charge in [0, 0.05) is 24.6 Å². The Morgan fingerprint density at radius 3 is 3.07 bits per heavy atom. The van der Waals surface area contributed by atoms with Crippen LogP contribution in [-0.4, -0.2) is 29.7 Å². The summed E-state index contributed by atoms with van der Waals surface area (Å²) in [6, 6.07) is 4.28. The molecule has 1 N–H and O–H groups in total. The molecule has 1 aliphatic heterocycles. The van der Waals surface area contributed by atoms with Crippen molar-refractivity contribution in [2.45, 2.75) is 19.4 Å². The molecule has 0 radical (unpaired) electrons. The van der Waals surface area contributed by atoms with Crippen molar-refractivity contribution in [3.63, 3.8) is 0 Å². The zero-order chi connectivity index (χ0) is 10.7. The molecule has 0 amide bonds. The molecule has 2 heterocycles. The Bertz CT molecular complexity index is 315. The number of likely N-dealkylation sites (tertiary alicyclic amines) is 1. The highest BCUT2D eigenvalue weighted by Gasteiger charge is 2.19. The summed E-state index contributed by atoms with van der Waals surface area (Å²) >= 11 is 5.29. The number of rotatable bonds is 3. The predicted octanol–water partition coefficient (Wildman–Crippen LogP) is 2.71. The highest BCUT2D eigenvalue weighted by Crippen LogP contribution is 2.25. The average Bonchev–Trinajstić information content (AvgIpc) is 2.64. The molecular weight excluding hydrogens is 274 g/mol. The smallest absolute Gasteiger partial charge is 0.0701 e. The maximum Gasteiger partial charge on any atom is 0.0701 e. The van der Waals surface area contributed by atoms with Crippen LogP contribution in [0.1, 0.15) is 17.7 Å². The van der Waals surface area contributed by atoms with Crippen LogP contribution in [0.4, 0.5) is 0 Å². The van der Waals surface area contributed by atoms with Gasteiger partial charge in [-0.2, -0.15) is 0 Å². The van der Waals surface area contributed by atoms with Gasteiger partial charge in [-0.05, 0) is 53.4 Å². The molecule has 1 aromatic rings. The van der Waals surface area contributed by atoms with E-state index in [0.29, 0.717) is 12.5 Å². The summed E-state index contributed by atoms with van der Waals surface area (Å²) in [6.07, 6.45) is 2.40. The van der Waals surface area contributed by atoms with Crippen molar-refractivity contribution in [1.29, 1.82) is 0 Å². The lowest BCUT2D eigenvalue weighted by atomic mass is 9.99. The molecule has 4 heteroatoms. The van der Waals surface area contributed by atoms with Crippen LogP contribution in [-0.2, 0) is 6.54 Å². The molecule has 0 spiro atoms. The summed E-state index contributed by atoms with van der Waals surface area (Å²) in [5.41, 5.74) is 0. The van der Waals surface area contributed by atoms with E-state index in [1.165, 1.54) is 28.0 Å². The van der Waals surface area contributed by atoms with Crippen molar-refractivity contribution in [1.82, 2.24) is 4.90 Å². The second kappa shape index (κ2) is 5.43. The summed E-state index contributed by atoms with van der Waals surface area (Å²) in [7, 11) is 0. The van der Waals surface area contributed by atoms with Crippen molar-refractivity contribution < 1.29 is 5.11 Å². The third-order valence-electron chi connectivity index (χ3n) is 2.87. The summed E-state index contributed by atoms with van der Waals surface area (Å²) in [5, 5.41) is 9.15. The van der Waals surface area contributed by atoms with Crippen LogP contribution in [0.2, 0.25) is 0 Å². The van der Waals surface area contributed by atoms with Crippen LogP contribution in [0.3, 0.4) is 0 Å². The van der Waals surface area contributed by atoms with Crippen molar-refractivity contribution in [2.75, 3.05) is 19.7 Å². The predicted molar refractivity (Wildman–Crippen MR) is 67.1 cm³/mol. The molecule has 1 fully saturated rings. The zero-order valence-electron chi connectivity index (χ0n) is 8.66. The molecule has 0 saturated carbocycles. The molecule has 1 saturated heterocycles. The Morgan fingerprint density at radius 2 is 2.40 bits per heavy atom. The number of hydrogen-bond donors (Lipinski definition) is 1. The van der Waals surface area contributed by atoms with Gasteiger partial charge in [0.1, 0.15) is 0 Å².